The van der Waals surface area contributed by atoms with Crippen molar-refractivity contribution < 1.29 is 19.2 Å². The highest BCUT2D eigenvalue weighted by molar-refractivity contribution is 6.04. The highest BCUT2D eigenvalue weighted by atomic mass is 16.2. The first-order chi connectivity index (χ1) is 15.9. The molecule has 0 aromatic heterocycles. The Balaban J connectivity index is 1.37. The lowest BCUT2D eigenvalue weighted by Gasteiger charge is -2.38. The molecule has 1 atom stereocenters. The van der Waals surface area contributed by atoms with Crippen LogP contribution < -0.4 is 16.0 Å². The number of benzene rings is 1. The molecule has 2 aliphatic heterocycles. The van der Waals surface area contributed by atoms with Gasteiger partial charge in [-0.15, -0.1) is 0 Å². The van der Waals surface area contributed by atoms with Crippen LogP contribution in [0.3, 0.4) is 0 Å². The summed E-state index contributed by atoms with van der Waals surface area (Å²) in [7, 11) is 0. The van der Waals surface area contributed by atoms with E-state index in [0.717, 1.165) is 56.1 Å². The molecular weight excluding hydrogens is 420 g/mol. The lowest BCUT2D eigenvalue weighted by atomic mass is 9.78. The monoisotopic (exact) mass is 454 g/mol. The Bertz CT molecular complexity index is 938. The third-order valence-electron chi connectivity index (χ3n) is 7.29. The van der Waals surface area contributed by atoms with Crippen LogP contribution in [0.4, 0.5) is 4.79 Å². The molecule has 33 heavy (non-hydrogen) atoms. The molecule has 1 aromatic rings. The van der Waals surface area contributed by atoms with Gasteiger partial charge in [0.05, 0.1) is 6.04 Å². The van der Waals surface area contributed by atoms with E-state index in [0.29, 0.717) is 31.5 Å². The molecule has 4 rings (SSSR count). The van der Waals surface area contributed by atoms with Crippen LogP contribution in [-0.4, -0.2) is 40.2 Å². The van der Waals surface area contributed by atoms with E-state index >= 15 is 0 Å². The van der Waals surface area contributed by atoms with E-state index in [9.17, 15) is 19.2 Å². The number of nitrogens with one attached hydrogen (secondary N) is 3. The number of piperidine rings is 1. The van der Waals surface area contributed by atoms with Gasteiger partial charge in [-0.1, -0.05) is 45.1 Å². The first-order valence-corrected chi connectivity index (χ1v) is 12.2. The van der Waals surface area contributed by atoms with Gasteiger partial charge >= 0.3 is 6.03 Å². The third kappa shape index (κ3) is 5.43. The first-order valence-electron chi connectivity index (χ1n) is 12.2. The SMILES string of the molecule is CCCCC1(NC(=O)NC(=O)c2ccc3c(c2)CN(C2CCC(=O)NC2=O)C3)CCCCC1. The molecule has 2 heterocycles. The number of hydrogen-bond donors (Lipinski definition) is 3. The minimum Gasteiger partial charge on any atom is -0.332 e. The molecule has 178 valence electrons. The van der Waals surface area contributed by atoms with E-state index in [2.05, 4.69) is 22.9 Å². The van der Waals surface area contributed by atoms with Crippen molar-refractivity contribution in [3.8, 4) is 0 Å². The van der Waals surface area contributed by atoms with E-state index in [-0.39, 0.29) is 23.4 Å². The molecule has 0 spiro atoms. The van der Waals surface area contributed by atoms with E-state index in [1.807, 2.05) is 11.0 Å². The summed E-state index contributed by atoms with van der Waals surface area (Å²) in [6, 6.07) is 4.65. The van der Waals surface area contributed by atoms with Crippen molar-refractivity contribution in [3.05, 3.63) is 34.9 Å². The Kier molecular flexibility index (Phi) is 7.12. The van der Waals surface area contributed by atoms with Crippen molar-refractivity contribution in [1.82, 2.24) is 20.9 Å². The summed E-state index contributed by atoms with van der Waals surface area (Å²) in [6.07, 6.45) is 9.25. The zero-order valence-electron chi connectivity index (χ0n) is 19.4. The second kappa shape index (κ2) is 10.0. The number of fused-ring (bicyclic) bond motifs is 1. The van der Waals surface area contributed by atoms with Gasteiger partial charge < -0.3 is 5.32 Å². The van der Waals surface area contributed by atoms with Crippen LogP contribution in [0.1, 0.15) is 92.6 Å². The highest BCUT2D eigenvalue weighted by Crippen LogP contribution is 2.32. The number of rotatable bonds is 6. The lowest BCUT2D eigenvalue weighted by molar-refractivity contribution is -0.137. The van der Waals surface area contributed by atoms with Crippen LogP contribution in [0.25, 0.3) is 0 Å². The van der Waals surface area contributed by atoms with Gasteiger partial charge in [-0.05, 0) is 48.9 Å². The van der Waals surface area contributed by atoms with Crippen molar-refractivity contribution in [1.29, 1.82) is 0 Å². The van der Waals surface area contributed by atoms with Crippen molar-refractivity contribution in [3.63, 3.8) is 0 Å². The summed E-state index contributed by atoms with van der Waals surface area (Å²) in [6.45, 7) is 3.29. The van der Waals surface area contributed by atoms with Crippen LogP contribution in [0.2, 0.25) is 0 Å². The van der Waals surface area contributed by atoms with Crippen molar-refractivity contribution in [2.45, 2.75) is 95.8 Å². The van der Waals surface area contributed by atoms with Crippen molar-refractivity contribution in [2.24, 2.45) is 0 Å². The number of unbranched alkanes of at least 4 members (excludes halogenated alkanes) is 1. The van der Waals surface area contributed by atoms with E-state index < -0.39 is 11.9 Å². The van der Waals surface area contributed by atoms with Crippen molar-refractivity contribution >= 4 is 23.8 Å². The van der Waals surface area contributed by atoms with Crippen molar-refractivity contribution in [2.75, 3.05) is 0 Å². The van der Waals surface area contributed by atoms with Crippen LogP contribution in [0.5, 0.6) is 0 Å². The largest absolute Gasteiger partial charge is 0.332 e. The Hall–Kier alpha value is -2.74. The Labute approximate surface area is 194 Å². The van der Waals surface area contributed by atoms with Crippen LogP contribution in [0.15, 0.2) is 18.2 Å². The smallest absolute Gasteiger partial charge is 0.322 e. The van der Waals surface area contributed by atoms with Crippen LogP contribution in [0, 0.1) is 0 Å². The highest BCUT2D eigenvalue weighted by Gasteiger charge is 2.35. The van der Waals surface area contributed by atoms with E-state index in [1.54, 1.807) is 12.1 Å². The fraction of sp³-hybridized carbons (Fsp3) is 0.600. The van der Waals surface area contributed by atoms with Gasteiger partial charge in [0.2, 0.25) is 11.8 Å². The molecule has 1 saturated heterocycles. The average Bonchev–Trinajstić information content (AvgIpc) is 3.21. The normalized spacial score (nSPS) is 22.4. The number of carbonyl (C=O) groups excluding carboxylic acids is 4. The molecule has 3 aliphatic rings. The zero-order chi connectivity index (χ0) is 23.4. The standard InChI is InChI=1S/C25H34N4O4/c1-2-3-11-25(12-5-4-6-13-25)28-24(33)27-22(31)17-7-8-18-15-29(16-19(18)14-17)20-9-10-21(30)26-23(20)32/h7-8,14,20H,2-6,9-13,15-16H2,1H3,(H,26,30,32)(H2,27,28,31,33). The zero-order valence-corrected chi connectivity index (χ0v) is 19.4. The topological polar surface area (TPSA) is 108 Å². The Morgan fingerprint density at radius 3 is 2.61 bits per heavy atom. The number of amides is 5. The van der Waals surface area contributed by atoms with Gasteiger partial charge in [-0.3, -0.25) is 29.9 Å². The molecule has 1 aliphatic carbocycles. The quantitative estimate of drug-likeness (QED) is 0.573. The number of nitrogens with zero attached hydrogens (tertiary/aromatic N) is 1. The number of urea groups is 1. The molecule has 0 bridgehead atoms. The van der Waals surface area contributed by atoms with Gasteiger partial charge in [0.15, 0.2) is 0 Å². The number of hydrogen-bond acceptors (Lipinski definition) is 5. The summed E-state index contributed by atoms with van der Waals surface area (Å²) in [5.74, 6) is -0.903. The number of imide groups is 2. The molecular formula is C25H34N4O4. The van der Waals surface area contributed by atoms with Gasteiger partial charge in [0, 0.05) is 30.6 Å². The van der Waals surface area contributed by atoms with Gasteiger partial charge in [0.1, 0.15) is 0 Å². The predicted octanol–water partition coefficient (Wildman–Crippen LogP) is 3.14. The molecule has 1 unspecified atom stereocenters. The maximum absolute atomic E-state index is 12.8. The van der Waals surface area contributed by atoms with E-state index in [1.165, 1.54) is 6.42 Å². The maximum Gasteiger partial charge on any atom is 0.322 e. The summed E-state index contributed by atoms with van der Waals surface area (Å²) in [5.41, 5.74) is 2.25. The first kappa shape index (κ1) is 23.4. The third-order valence-corrected chi connectivity index (χ3v) is 7.29. The Morgan fingerprint density at radius 1 is 1.12 bits per heavy atom. The summed E-state index contributed by atoms with van der Waals surface area (Å²) >= 11 is 0. The predicted molar refractivity (Wildman–Crippen MR) is 123 cm³/mol. The lowest BCUT2D eigenvalue weighted by Crippen LogP contribution is -2.54. The second-order valence-corrected chi connectivity index (χ2v) is 9.71. The average molecular weight is 455 g/mol. The summed E-state index contributed by atoms with van der Waals surface area (Å²) in [5, 5.41) is 8.05. The van der Waals surface area contributed by atoms with E-state index in [4.69, 9.17) is 0 Å². The van der Waals surface area contributed by atoms with Gasteiger partial charge in [-0.2, -0.15) is 0 Å². The fourth-order valence-electron chi connectivity index (χ4n) is 5.44. The minimum atomic E-state index is -0.427. The fourth-order valence-corrected chi connectivity index (χ4v) is 5.44. The van der Waals surface area contributed by atoms with Gasteiger partial charge in [-0.25, -0.2) is 4.79 Å². The molecule has 8 nitrogen and oxygen atoms in total. The molecule has 0 radical (unpaired) electrons. The molecule has 3 N–H and O–H groups in total. The summed E-state index contributed by atoms with van der Waals surface area (Å²) in [4.78, 5) is 51.2. The maximum atomic E-state index is 12.8. The summed E-state index contributed by atoms with van der Waals surface area (Å²) < 4.78 is 0. The van der Waals surface area contributed by atoms with Crippen LogP contribution >= 0.6 is 0 Å². The molecule has 1 saturated carbocycles. The van der Waals surface area contributed by atoms with Crippen LogP contribution in [-0.2, 0) is 22.7 Å². The minimum absolute atomic E-state index is 0.209. The van der Waals surface area contributed by atoms with Gasteiger partial charge in [0.25, 0.3) is 5.91 Å². The Morgan fingerprint density at radius 2 is 1.88 bits per heavy atom. The second-order valence-electron chi connectivity index (χ2n) is 9.71. The molecule has 5 amide bonds. The molecule has 1 aromatic carbocycles. The molecule has 8 heteroatoms. The molecule has 2 fully saturated rings. The number of carbonyl (C=O) groups is 4.